The number of rotatable bonds is 13. The van der Waals surface area contributed by atoms with Crippen LogP contribution in [0.5, 0.6) is 0 Å². The molecule has 0 spiro atoms. The average molecular weight is 672 g/mol. The van der Waals surface area contributed by atoms with Crippen LogP contribution in [0.4, 0.5) is 4.79 Å². The van der Waals surface area contributed by atoms with Gasteiger partial charge in [0.05, 0.1) is 50.3 Å². The van der Waals surface area contributed by atoms with Gasteiger partial charge in [-0.3, -0.25) is 0 Å². The molecule has 2 fully saturated rings. The third-order valence-corrected chi connectivity index (χ3v) is 8.35. The summed E-state index contributed by atoms with van der Waals surface area (Å²) < 4.78 is 27.5. The minimum absolute atomic E-state index is 0.0325. The zero-order valence-electron chi connectivity index (χ0n) is 25.1. The standard InChI is InChI=1S/C27H45NO18/c1-9-18(36)11(5-29)3-12(19(9)37)28-27(41)46-23-10(2)42-26(22(40)21(23)39)43-16-4-13(33)25(44-17(16)8-32)45-24(15(35)7-31)20(38)14(34)6-30/h3,6,9-10,12-26,29,31-40H,4-5,7-8H2,1-2H3,(H,28,41)/t9?,10-,12?,13-,14?,15-,16?,17?,18+,19-,20?,21-,22?,23?,24?,25?,26+/m1/s1. The highest BCUT2D eigenvalue weighted by Crippen LogP contribution is 2.31. The summed E-state index contributed by atoms with van der Waals surface area (Å²) in [6, 6.07) is -1.05. The maximum absolute atomic E-state index is 12.6. The lowest BCUT2D eigenvalue weighted by atomic mass is 9.82. The molecule has 1 aliphatic carbocycles. The number of aliphatic hydroxyl groups is 11. The van der Waals surface area contributed by atoms with E-state index in [0.717, 1.165) is 0 Å². The molecule has 0 aromatic rings. The minimum atomic E-state index is -2.03. The van der Waals surface area contributed by atoms with Crippen LogP contribution in [0.1, 0.15) is 20.3 Å². The number of aliphatic hydroxyl groups excluding tert-OH is 11. The van der Waals surface area contributed by atoms with Crippen molar-refractivity contribution in [3.63, 3.8) is 0 Å². The highest BCUT2D eigenvalue weighted by Gasteiger charge is 2.49. The molecule has 0 saturated carbocycles. The number of alkyl carbamates (subject to hydrolysis) is 1. The number of hydrogen-bond acceptors (Lipinski definition) is 18. The van der Waals surface area contributed by atoms with Crippen molar-refractivity contribution in [1.82, 2.24) is 5.32 Å². The molecule has 0 aromatic carbocycles. The van der Waals surface area contributed by atoms with Gasteiger partial charge in [-0.25, -0.2) is 4.79 Å². The van der Waals surface area contributed by atoms with E-state index >= 15 is 0 Å². The predicted molar refractivity (Wildman–Crippen MR) is 147 cm³/mol. The molecule has 0 aromatic heterocycles. The van der Waals surface area contributed by atoms with Crippen LogP contribution in [0.2, 0.25) is 0 Å². The molecular weight excluding hydrogens is 626 g/mol. The van der Waals surface area contributed by atoms with Crippen LogP contribution in [0.15, 0.2) is 11.6 Å². The monoisotopic (exact) mass is 671 g/mol. The summed E-state index contributed by atoms with van der Waals surface area (Å²) in [7, 11) is 0. The van der Waals surface area contributed by atoms with Gasteiger partial charge in [0.15, 0.2) is 25.0 Å². The summed E-state index contributed by atoms with van der Waals surface area (Å²) >= 11 is 0. The van der Waals surface area contributed by atoms with Gasteiger partial charge < -0.3 is 90.0 Å². The van der Waals surface area contributed by atoms with Crippen LogP contribution in [0.25, 0.3) is 0 Å². The van der Waals surface area contributed by atoms with Gasteiger partial charge in [0.2, 0.25) is 0 Å². The van der Waals surface area contributed by atoms with E-state index in [0.29, 0.717) is 0 Å². The van der Waals surface area contributed by atoms with E-state index in [1.165, 1.54) is 19.9 Å². The lowest BCUT2D eigenvalue weighted by Gasteiger charge is -2.45. The van der Waals surface area contributed by atoms with Crippen molar-refractivity contribution in [2.75, 3.05) is 19.8 Å². The predicted octanol–water partition coefficient (Wildman–Crippen LogP) is -6.28. The summed E-state index contributed by atoms with van der Waals surface area (Å²) in [4.78, 5) is 23.5. The van der Waals surface area contributed by atoms with Crippen LogP contribution < -0.4 is 5.32 Å². The molecule has 266 valence electrons. The average Bonchev–Trinajstić information content (AvgIpc) is 3.04. The topological polar surface area (TPSA) is 315 Å². The Morgan fingerprint density at radius 3 is 2.28 bits per heavy atom. The number of ether oxygens (including phenoxy) is 5. The molecule has 12 N–H and O–H groups in total. The van der Waals surface area contributed by atoms with Gasteiger partial charge in [0.25, 0.3) is 0 Å². The lowest BCUT2D eigenvalue weighted by molar-refractivity contribution is -0.346. The number of carbonyl (C=O) groups is 2. The Hall–Kier alpha value is -1.92. The van der Waals surface area contributed by atoms with Gasteiger partial charge >= 0.3 is 6.09 Å². The van der Waals surface area contributed by atoms with E-state index in [1.807, 2.05) is 0 Å². The summed E-state index contributed by atoms with van der Waals surface area (Å²) in [6.07, 6.45) is -23.7. The maximum Gasteiger partial charge on any atom is 0.408 e. The van der Waals surface area contributed by atoms with Gasteiger partial charge in [-0.05, 0) is 12.5 Å². The molecule has 0 radical (unpaired) electrons. The first-order chi connectivity index (χ1) is 21.7. The molecule has 46 heavy (non-hydrogen) atoms. The zero-order valence-corrected chi connectivity index (χ0v) is 25.1. The van der Waals surface area contributed by atoms with E-state index in [9.17, 15) is 65.8 Å². The molecule has 2 saturated heterocycles. The molecule has 3 rings (SSSR count). The number of carbonyl (C=O) groups excluding carboxylic acids is 2. The van der Waals surface area contributed by atoms with E-state index in [4.69, 9.17) is 23.7 Å². The van der Waals surface area contributed by atoms with Gasteiger partial charge in [0.1, 0.15) is 48.8 Å². The SMILES string of the molecule is CC1[C@@H](O)C(NC(=O)OC2[C@H](O)C(O)[C@H](OC3C[C@@H](O)C(OC(C(O)C(O)C=O)[C@H](O)CO)OC3CO)O[C@@H]2C)C=C(CO)[C@H]1O. The van der Waals surface area contributed by atoms with E-state index in [-0.39, 0.29) is 18.3 Å². The van der Waals surface area contributed by atoms with Crippen molar-refractivity contribution in [2.24, 2.45) is 5.92 Å². The highest BCUT2D eigenvalue weighted by molar-refractivity contribution is 5.68. The maximum atomic E-state index is 12.6. The van der Waals surface area contributed by atoms with Crippen LogP contribution in [-0.2, 0) is 28.5 Å². The number of hydrogen-bond donors (Lipinski definition) is 12. The van der Waals surface area contributed by atoms with Gasteiger partial charge in [-0.15, -0.1) is 0 Å². The van der Waals surface area contributed by atoms with Crippen molar-refractivity contribution < 1.29 is 89.4 Å². The Kier molecular flexibility index (Phi) is 14.2. The third-order valence-electron chi connectivity index (χ3n) is 8.35. The number of aldehydes is 1. The molecule has 1 amide bonds. The molecule has 0 bridgehead atoms. The van der Waals surface area contributed by atoms with Crippen molar-refractivity contribution >= 4 is 12.4 Å². The molecule has 17 atom stereocenters. The van der Waals surface area contributed by atoms with Crippen LogP contribution >= 0.6 is 0 Å². The minimum Gasteiger partial charge on any atom is -0.441 e. The number of amides is 1. The molecular formula is C27H45NO18. The Morgan fingerprint density at radius 1 is 1.02 bits per heavy atom. The Morgan fingerprint density at radius 2 is 1.70 bits per heavy atom. The quantitative estimate of drug-likeness (QED) is 0.0640. The summed E-state index contributed by atoms with van der Waals surface area (Å²) in [5, 5.41) is 114. The van der Waals surface area contributed by atoms with E-state index in [1.54, 1.807) is 0 Å². The molecule has 10 unspecified atom stereocenters. The molecule has 3 aliphatic rings. The van der Waals surface area contributed by atoms with Crippen LogP contribution in [0.3, 0.4) is 0 Å². The van der Waals surface area contributed by atoms with Crippen molar-refractivity contribution in [2.45, 2.75) is 118 Å². The summed E-state index contributed by atoms with van der Waals surface area (Å²) in [6.45, 7) is 0.701. The molecule has 19 nitrogen and oxygen atoms in total. The highest BCUT2D eigenvalue weighted by atomic mass is 16.7. The second-order valence-electron chi connectivity index (χ2n) is 11.6. The molecule has 19 heteroatoms. The smallest absolute Gasteiger partial charge is 0.408 e. The molecule has 2 aliphatic heterocycles. The van der Waals surface area contributed by atoms with Gasteiger partial charge in [0, 0.05) is 12.3 Å². The van der Waals surface area contributed by atoms with E-state index < -0.39 is 130 Å². The third kappa shape index (κ3) is 8.75. The first-order valence-electron chi connectivity index (χ1n) is 14.7. The first kappa shape index (κ1) is 38.5. The summed E-state index contributed by atoms with van der Waals surface area (Å²) in [5.74, 6) is -0.734. The van der Waals surface area contributed by atoms with Crippen molar-refractivity contribution in [3.05, 3.63) is 11.6 Å². The number of nitrogens with one attached hydrogen (secondary N) is 1. The van der Waals surface area contributed by atoms with Gasteiger partial charge in [-0.2, -0.15) is 0 Å². The second-order valence-corrected chi connectivity index (χ2v) is 11.6. The fourth-order valence-corrected chi connectivity index (χ4v) is 5.51. The lowest BCUT2D eigenvalue weighted by Crippen LogP contribution is -2.62. The van der Waals surface area contributed by atoms with E-state index in [2.05, 4.69) is 5.32 Å². The Labute approximate surface area is 263 Å². The Bertz CT molecular complexity index is 1020. The first-order valence-corrected chi connectivity index (χ1v) is 14.7. The fraction of sp³-hybridized carbons (Fsp3) is 0.852. The Balaban J connectivity index is 1.62. The fourth-order valence-electron chi connectivity index (χ4n) is 5.51. The second kappa shape index (κ2) is 17.0. The van der Waals surface area contributed by atoms with Crippen LogP contribution in [0, 0.1) is 5.92 Å². The van der Waals surface area contributed by atoms with Crippen molar-refractivity contribution in [3.8, 4) is 0 Å². The molecule has 2 heterocycles. The summed E-state index contributed by atoms with van der Waals surface area (Å²) in [5.41, 5.74) is 0.181. The normalized spacial score (nSPS) is 41.1. The zero-order chi connectivity index (χ0) is 34.5. The van der Waals surface area contributed by atoms with Gasteiger partial charge in [-0.1, -0.05) is 13.0 Å². The van der Waals surface area contributed by atoms with Crippen LogP contribution in [-0.4, -0.2) is 186 Å². The largest absolute Gasteiger partial charge is 0.441 e. The van der Waals surface area contributed by atoms with Crippen molar-refractivity contribution in [1.29, 1.82) is 0 Å².